The Balaban J connectivity index is 1.59. The molecular weight excluding hydrogens is 366 g/mol. The van der Waals surface area contributed by atoms with Gasteiger partial charge < -0.3 is 20.1 Å². The molecule has 1 saturated heterocycles. The summed E-state index contributed by atoms with van der Waals surface area (Å²) in [6.45, 7) is 1.20. The molecule has 3 rings (SSSR count). The average Bonchev–Trinajstić information content (AvgIpc) is 3.22. The smallest absolute Gasteiger partial charge is 0.237 e. The number of hydrogen-bond donors (Lipinski definition) is 2. The Morgan fingerprint density at radius 2 is 2.11 bits per heavy atom. The number of hydrogen-bond acceptors (Lipinski definition) is 4. The highest BCUT2D eigenvalue weighted by Gasteiger charge is 2.22. The molecule has 0 bridgehead atoms. The minimum Gasteiger partial charge on any atom is -0.496 e. The summed E-state index contributed by atoms with van der Waals surface area (Å²) in [5.74, 6) is -0.467. The van der Waals surface area contributed by atoms with Gasteiger partial charge in [0.1, 0.15) is 11.6 Å². The molecule has 0 saturated carbocycles. The molecule has 0 unspecified atom stereocenters. The van der Waals surface area contributed by atoms with E-state index >= 15 is 0 Å². The predicted octanol–water partition coefficient (Wildman–Crippen LogP) is 2.96. The molecule has 0 spiro atoms. The molecule has 7 heteroatoms. The average molecular weight is 390 g/mol. The Labute approximate surface area is 163 Å². The molecule has 1 aliphatic heterocycles. The van der Waals surface area contributed by atoms with Crippen LogP contribution in [-0.2, 0) is 17.8 Å². The fraction of sp³-hybridized carbons (Fsp3) is 0.381. The van der Waals surface area contributed by atoms with E-state index < -0.39 is 5.82 Å². The number of ether oxygens (including phenoxy) is 2. The van der Waals surface area contributed by atoms with Crippen LogP contribution in [0.15, 0.2) is 36.4 Å². The van der Waals surface area contributed by atoms with Crippen LogP contribution < -0.4 is 20.1 Å². The van der Waals surface area contributed by atoms with Gasteiger partial charge in [-0.1, -0.05) is 12.1 Å². The number of methoxy groups -OCH3 is 1. The molecule has 1 fully saturated rings. The number of carbonyl (C=O) groups is 1. The molecule has 1 atom stereocenters. The van der Waals surface area contributed by atoms with Crippen molar-refractivity contribution in [1.29, 1.82) is 0 Å². The fourth-order valence-electron chi connectivity index (χ4n) is 3.20. The monoisotopic (exact) mass is 390 g/mol. The van der Waals surface area contributed by atoms with Gasteiger partial charge in [-0.15, -0.1) is 0 Å². The van der Waals surface area contributed by atoms with Gasteiger partial charge in [0.15, 0.2) is 11.6 Å². The maximum Gasteiger partial charge on any atom is 0.237 e. The number of amides is 1. The number of rotatable bonds is 8. The summed E-state index contributed by atoms with van der Waals surface area (Å²) in [4.78, 5) is 12.1. The van der Waals surface area contributed by atoms with Gasteiger partial charge in [-0.3, -0.25) is 4.79 Å². The lowest BCUT2D eigenvalue weighted by Crippen LogP contribution is -2.40. The minimum absolute atomic E-state index is 0.0563. The minimum atomic E-state index is -0.539. The van der Waals surface area contributed by atoms with E-state index in [0.717, 1.165) is 24.9 Å². The Bertz CT molecular complexity index is 823. The van der Waals surface area contributed by atoms with Gasteiger partial charge in [0, 0.05) is 24.6 Å². The lowest BCUT2D eigenvalue weighted by Gasteiger charge is -2.15. The zero-order valence-corrected chi connectivity index (χ0v) is 15.8. The third-order valence-electron chi connectivity index (χ3n) is 4.70. The first-order valence-electron chi connectivity index (χ1n) is 9.31. The third-order valence-corrected chi connectivity index (χ3v) is 4.70. The van der Waals surface area contributed by atoms with Crippen LogP contribution in [0.4, 0.5) is 8.78 Å². The van der Waals surface area contributed by atoms with Crippen LogP contribution in [-0.4, -0.2) is 32.2 Å². The van der Waals surface area contributed by atoms with Crippen LogP contribution >= 0.6 is 0 Å². The van der Waals surface area contributed by atoms with E-state index in [0.29, 0.717) is 17.7 Å². The van der Waals surface area contributed by atoms with Crippen molar-refractivity contribution in [2.24, 2.45) is 0 Å². The molecule has 0 aromatic heterocycles. The van der Waals surface area contributed by atoms with E-state index in [9.17, 15) is 13.6 Å². The van der Waals surface area contributed by atoms with Crippen molar-refractivity contribution in [1.82, 2.24) is 10.6 Å². The van der Waals surface area contributed by atoms with Crippen molar-refractivity contribution in [3.8, 4) is 11.5 Å². The summed E-state index contributed by atoms with van der Waals surface area (Å²) < 4.78 is 38.4. The van der Waals surface area contributed by atoms with Crippen molar-refractivity contribution in [3.63, 3.8) is 0 Å². The number of nitrogens with one attached hydrogen (secondary N) is 2. The second kappa shape index (κ2) is 9.50. The fourth-order valence-corrected chi connectivity index (χ4v) is 3.20. The molecule has 1 aliphatic rings. The Hall–Kier alpha value is -2.67. The van der Waals surface area contributed by atoms with E-state index in [-0.39, 0.29) is 36.7 Å². The lowest BCUT2D eigenvalue weighted by molar-refractivity contribution is -0.122. The highest BCUT2D eigenvalue weighted by Crippen LogP contribution is 2.28. The summed E-state index contributed by atoms with van der Waals surface area (Å²) in [5, 5.41) is 5.93. The molecule has 2 aromatic carbocycles. The zero-order valence-electron chi connectivity index (χ0n) is 15.8. The van der Waals surface area contributed by atoms with Crippen molar-refractivity contribution < 1.29 is 23.0 Å². The first-order valence-corrected chi connectivity index (χ1v) is 9.31. The van der Waals surface area contributed by atoms with Gasteiger partial charge in [-0.05, 0) is 43.1 Å². The summed E-state index contributed by atoms with van der Waals surface area (Å²) in [7, 11) is 1.48. The van der Waals surface area contributed by atoms with Crippen LogP contribution in [0.2, 0.25) is 0 Å². The van der Waals surface area contributed by atoms with Crippen LogP contribution in [0.5, 0.6) is 11.5 Å². The molecule has 0 radical (unpaired) electrons. The van der Waals surface area contributed by atoms with Gasteiger partial charge in [-0.25, -0.2) is 8.78 Å². The molecule has 150 valence electrons. The summed E-state index contributed by atoms with van der Waals surface area (Å²) >= 11 is 0. The second-order valence-electron chi connectivity index (χ2n) is 6.69. The molecule has 2 aromatic rings. The quantitative estimate of drug-likeness (QED) is 0.728. The first-order chi connectivity index (χ1) is 13.6. The summed E-state index contributed by atoms with van der Waals surface area (Å²) in [6, 6.07) is 8.78. The van der Waals surface area contributed by atoms with Gasteiger partial charge in [-0.2, -0.15) is 0 Å². The molecule has 2 N–H and O–H groups in total. The third kappa shape index (κ3) is 5.19. The molecule has 1 amide bonds. The van der Waals surface area contributed by atoms with Crippen molar-refractivity contribution >= 4 is 5.91 Å². The molecule has 0 aliphatic carbocycles. The van der Waals surface area contributed by atoms with Gasteiger partial charge >= 0.3 is 0 Å². The Morgan fingerprint density at radius 3 is 2.82 bits per heavy atom. The second-order valence-corrected chi connectivity index (χ2v) is 6.69. The maximum absolute atomic E-state index is 14.4. The van der Waals surface area contributed by atoms with E-state index in [1.807, 2.05) is 0 Å². The van der Waals surface area contributed by atoms with E-state index in [4.69, 9.17) is 9.47 Å². The van der Waals surface area contributed by atoms with Crippen LogP contribution in [0.1, 0.15) is 24.0 Å². The highest BCUT2D eigenvalue weighted by atomic mass is 19.1. The Morgan fingerprint density at radius 1 is 1.25 bits per heavy atom. The Kier molecular flexibility index (Phi) is 6.81. The van der Waals surface area contributed by atoms with E-state index in [2.05, 4.69) is 10.6 Å². The van der Waals surface area contributed by atoms with Gasteiger partial charge in [0.05, 0.1) is 19.8 Å². The van der Waals surface area contributed by atoms with Crippen LogP contribution in [0.3, 0.4) is 0 Å². The van der Waals surface area contributed by atoms with Gasteiger partial charge in [0.25, 0.3) is 0 Å². The van der Waals surface area contributed by atoms with Crippen molar-refractivity contribution in [2.45, 2.75) is 31.8 Å². The van der Waals surface area contributed by atoms with Crippen molar-refractivity contribution in [3.05, 3.63) is 59.2 Å². The number of benzene rings is 2. The van der Waals surface area contributed by atoms with Gasteiger partial charge in [0.2, 0.25) is 5.91 Å². The molecule has 5 nitrogen and oxygen atoms in total. The molecule has 1 heterocycles. The molecular formula is C21H24F2N2O3. The van der Waals surface area contributed by atoms with Crippen molar-refractivity contribution in [2.75, 3.05) is 20.3 Å². The highest BCUT2D eigenvalue weighted by molar-refractivity contribution is 5.82. The van der Waals surface area contributed by atoms with Crippen LogP contribution in [0, 0.1) is 11.6 Å². The number of halogens is 2. The summed E-state index contributed by atoms with van der Waals surface area (Å²) in [5.41, 5.74) is 1.30. The topological polar surface area (TPSA) is 59.6 Å². The summed E-state index contributed by atoms with van der Waals surface area (Å²) in [6.07, 6.45) is 2.22. The zero-order chi connectivity index (χ0) is 19.9. The van der Waals surface area contributed by atoms with Crippen LogP contribution in [0.25, 0.3) is 0 Å². The normalized spacial score (nSPS) is 16.0. The number of carbonyl (C=O) groups excluding carboxylic acids is 1. The predicted molar refractivity (Wildman–Crippen MR) is 101 cm³/mol. The standard InChI is InChI=1S/C21H24F2N2O3/c1-27-19-12-20(28-9-7-14-4-2-5-16(22)10-14)17(23)11-15(19)13-25-21(26)18-6-3-8-24-18/h2,4-5,10-12,18,24H,3,6-9,13H2,1H3,(H,25,26)/t18-/m0/s1. The SMILES string of the molecule is COc1cc(OCCc2cccc(F)c2)c(F)cc1CNC(=O)[C@@H]1CCCN1. The molecule has 28 heavy (non-hydrogen) atoms. The largest absolute Gasteiger partial charge is 0.496 e. The lowest BCUT2D eigenvalue weighted by atomic mass is 10.1. The van der Waals surface area contributed by atoms with E-state index in [1.54, 1.807) is 12.1 Å². The first kappa shape index (κ1) is 20.1. The maximum atomic E-state index is 14.4. The van der Waals surface area contributed by atoms with E-state index in [1.165, 1.54) is 31.4 Å².